The van der Waals surface area contributed by atoms with Crippen LogP contribution in [0.2, 0.25) is 0 Å². The molecule has 3 aromatic rings. The smallest absolute Gasteiger partial charge is 0.259 e. The molecule has 0 spiro atoms. The van der Waals surface area contributed by atoms with E-state index in [9.17, 15) is 14.7 Å². The summed E-state index contributed by atoms with van der Waals surface area (Å²) in [5.41, 5.74) is 4.84. The Morgan fingerprint density at radius 1 is 1.20 bits per heavy atom. The predicted molar refractivity (Wildman–Crippen MR) is 133 cm³/mol. The molecule has 0 radical (unpaired) electrons. The normalized spacial score (nSPS) is 17.0. The van der Waals surface area contributed by atoms with Crippen molar-refractivity contribution in [3.05, 3.63) is 58.9 Å². The maximum atomic E-state index is 13.6. The van der Waals surface area contributed by atoms with Crippen molar-refractivity contribution in [2.24, 2.45) is 5.92 Å². The maximum absolute atomic E-state index is 13.6. The van der Waals surface area contributed by atoms with E-state index >= 15 is 0 Å². The molecule has 3 heterocycles. The van der Waals surface area contributed by atoms with E-state index in [4.69, 9.17) is 9.47 Å². The summed E-state index contributed by atoms with van der Waals surface area (Å²) in [5, 5.41) is 15.0. The molecule has 1 unspecified atom stereocenters. The molecule has 0 fully saturated rings. The molecule has 182 valence electrons. The molecule has 8 nitrogen and oxygen atoms in total. The Labute approximate surface area is 203 Å². The van der Waals surface area contributed by atoms with Crippen LogP contribution in [-0.4, -0.2) is 47.2 Å². The number of aromatic hydroxyl groups is 1. The molecule has 0 saturated carbocycles. The second kappa shape index (κ2) is 8.37. The van der Waals surface area contributed by atoms with Crippen molar-refractivity contribution in [3.8, 4) is 17.2 Å². The molecule has 2 N–H and O–H groups in total. The number of nitrogens with zero attached hydrogens (tertiary/aromatic N) is 2. The number of benzene rings is 2. The molecule has 8 heteroatoms. The number of amides is 2. The average molecular weight is 476 g/mol. The van der Waals surface area contributed by atoms with Crippen LogP contribution in [0.15, 0.2) is 47.8 Å². The first-order valence-electron chi connectivity index (χ1n) is 11.6. The molecule has 0 aliphatic carbocycles. The number of phenolic OH excluding ortho intramolecular Hbond substituents is 1. The third kappa shape index (κ3) is 3.51. The monoisotopic (exact) mass is 475 g/mol. The Morgan fingerprint density at radius 3 is 2.49 bits per heavy atom. The number of methoxy groups -OCH3 is 2. The first-order valence-corrected chi connectivity index (χ1v) is 11.6. The lowest BCUT2D eigenvalue weighted by molar-refractivity contribution is -0.139. The molecule has 2 amide bonds. The number of imide groups is 1. The zero-order valence-corrected chi connectivity index (χ0v) is 20.5. The molecule has 1 atom stereocenters. The standard InChI is InChI=1S/C27H29N3O5/c1-14(2)11-29-12-17-23(16-9-21(34-4)26(32)22(10-16)35-5)25-19(13-30(15(3)31)27(25)33)28-18-7-6-8-20(29)24(17)18/h6-10,12,14,23,28,32H,11,13H2,1-5H3. The van der Waals surface area contributed by atoms with Gasteiger partial charge >= 0.3 is 0 Å². The summed E-state index contributed by atoms with van der Waals surface area (Å²) >= 11 is 0. The minimum Gasteiger partial charge on any atom is -0.502 e. The lowest BCUT2D eigenvalue weighted by atomic mass is 9.84. The molecular formula is C27H29N3O5. The second-order valence-corrected chi connectivity index (χ2v) is 9.46. The lowest BCUT2D eigenvalue weighted by Crippen LogP contribution is -2.33. The van der Waals surface area contributed by atoms with Gasteiger partial charge in [-0.25, -0.2) is 0 Å². The quantitative estimate of drug-likeness (QED) is 0.574. The van der Waals surface area contributed by atoms with E-state index in [0.29, 0.717) is 17.2 Å². The highest BCUT2D eigenvalue weighted by molar-refractivity contribution is 6.11. The van der Waals surface area contributed by atoms with Crippen LogP contribution in [0.25, 0.3) is 10.9 Å². The zero-order chi connectivity index (χ0) is 25.0. The Morgan fingerprint density at radius 2 is 1.89 bits per heavy atom. The van der Waals surface area contributed by atoms with E-state index in [-0.39, 0.29) is 35.6 Å². The van der Waals surface area contributed by atoms with E-state index in [1.54, 1.807) is 12.1 Å². The van der Waals surface area contributed by atoms with E-state index in [1.165, 1.54) is 26.0 Å². The highest BCUT2D eigenvalue weighted by Gasteiger charge is 2.42. The van der Waals surface area contributed by atoms with Crippen LogP contribution >= 0.6 is 0 Å². The van der Waals surface area contributed by atoms with Gasteiger partial charge in [0.15, 0.2) is 11.5 Å². The van der Waals surface area contributed by atoms with Gasteiger partial charge in [0.2, 0.25) is 11.7 Å². The molecule has 0 bridgehead atoms. The second-order valence-electron chi connectivity index (χ2n) is 9.46. The highest BCUT2D eigenvalue weighted by Crippen LogP contribution is 2.49. The van der Waals surface area contributed by atoms with Crippen LogP contribution in [0.4, 0.5) is 5.69 Å². The summed E-state index contributed by atoms with van der Waals surface area (Å²) in [6, 6.07) is 9.55. The third-order valence-corrected chi connectivity index (χ3v) is 6.72. The minimum atomic E-state index is -0.502. The zero-order valence-electron chi connectivity index (χ0n) is 20.5. The van der Waals surface area contributed by atoms with Crippen LogP contribution in [0.1, 0.15) is 37.8 Å². The number of rotatable bonds is 5. The Hall–Kier alpha value is -3.94. The number of nitrogens with one attached hydrogen (secondary N) is 1. The number of anilines is 1. The van der Waals surface area contributed by atoms with E-state index in [1.807, 2.05) is 12.1 Å². The van der Waals surface area contributed by atoms with Crippen LogP contribution in [0.3, 0.4) is 0 Å². The molecule has 2 aliphatic heterocycles. The number of ether oxygens (including phenoxy) is 2. The van der Waals surface area contributed by atoms with Gasteiger partial charge in [-0.2, -0.15) is 0 Å². The van der Waals surface area contributed by atoms with Crippen molar-refractivity contribution in [1.29, 1.82) is 0 Å². The van der Waals surface area contributed by atoms with Crippen LogP contribution in [-0.2, 0) is 16.1 Å². The largest absolute Gasteiger partial charge is 0.502 e. The first kappa shape index (κ1) is 22.8. The summed E-state index contributed by atoms with van der Waals surface area (Å²) in [5.74, 6) is -0.323. The SMILES string of the molecule is COc1cc(C2C3=C(CN(C(C)=O)C3=O)Nc3cccc4c3c2cn4CC(C)C)cc(OC)c1O. The topological polar surface area (TPSA) is 93.0 Å². The van der Waals surface area contributed by atoms with Gasteiger partial charge in [0.1, 0.15) is 0 Å². The third-order valence-electron chi connectivity index (χ3n) is 6.72. The lowest BCUT2D eigenvalue weighted by Gasteiger charge is -2.21. The number of carbonyl (C=O) groups excluding carboxylic acids is 2. The molecule has 2 aliphatic rings. The minimum absolute atomic E-state index is 0.106. The number of hydrogen-bond donors (Lipinski definition) is 2. The van der Waals surface area contributed by atoms with Gasteiger partial charge in [-0.3, -0.25) is 14.5 Å². The van der Waals surface area contributed by atoms with Crippen LogP contribution < -0.4 is 14.8 Å². The van der Waals surface area contributed by atoms with Gasteiger partial charge in [0.05, 0.1) is 31.9 Å². The van der Waals surface area contributed by atoms with Crippen molar-refractivity contribution in [3.63, 3.8) is 0 Å². The maximum Gasteiger partial charge on any atom is 0.259 e. The number of hydrogen-bond acceptors (Lipinski definition) is 6. The predicted octanol–water partition coefficient (Wildman–Crippen LogP) is 4.22. The summed E-state index contributed by atoms with van der Waals surface area (Å²) < 4.78 is 13.1. The van der Waals surface area contributed by atoms with Gasteiger partial charge in [-0.15, -0.1) is 0 Å². The fourth-order valence-corrected chi connectivity index (χ4v) is 5.25. The van der Waals surface area contributed by atoms with Crippen molar-refractivity contribution in [1.82, 2.24) is 9.47 Å². The number of aromatic nitrogens is 1. The molecule has 0 saturated heterocycles. The van der Waals surface area contributed by atoms with Crippen LogP contribution in [0, 0.1) is 5.92 Å². The Balaban J connectivity index is 1.83. The first-order chi connectivity index (χ1) is 16.7. The summed E-state index contributed by atoms with van der Waals surface area (Å²) in [6.07, 6.45) is 2.10. The molecule has 1 aromatic heterocycles. The van der Waals surface area contributed by atoms with Crippen molar-refractivity contribution in [2.45, 2.75) is 33.2 Å². The summed E-state index contributed by atoms with van der Waals surface area (Å²) in [7, 11) is 2.95. The van der Waals surface area contributed by atoms with Gasteiger partial charge < -0.3 is 24.5 Å². The average Bonchev–Trinajstić information content (AvgIpc) is 3.29. The van der Waals surface area contributed by atoms with Gasteiger partial charge in [-0.05, 0) is 41.3 Å². The highest BCUT2D eigenvalue weighted by atomic mass is 16.5. The van der Waals surface area contributed by atoms with E-state index < -0.39 is 5.92 Å². The van der Waals surface area contributed by atoms with E-state index in [2.05, 4.69) is 36.0 Å². The fraction of sp³-hybridized carbons (Fsp3) is 0.333. The summed E-state index contributed by atoms with van der Waals surface area (Å²) in [6.45, 7) is 6.72. The van der Waals surface area contributed by atoms with Crippen molar-refractivity contribution < 1.29 is 24.2 Å². The van der Waals surface area contributed by atoms with Crippen molar-refractivity contribution >= 4 is 28.4 Å². The molecular weight excluding hydrogens is 446 g/mol. The number of phenols is 1. The Bertz CT molecular complexity index is 1380. The number of carbonyl (C=O) groups is 2. The van der Waals surface area contributed by atoms with Crippen molar-refractivity contribution in [2.75, 3.05) is 26.1 Å². The van der Waals surface area contributed by atoms with Gasteiger partial charge in [-0.1, -0.05) is 19.9 Å². The summed E-state index contributed by atoms with van der Waals surface area (Å²) in [4.78, 5) is 27.2. The van der Waals surface area contributed by atoms with Gasteiger partial charge in [0.25, 0.3) is 5.91 Å². The van der Waals surface area contributed by atoms with E-state index in [0.717, 1.165) is 34.3 Å². The molecule has 35 heavy (non-hydrogen) atoms. The molecule has 2 aromatic carbocycles. The fourth-order valence-electron chi connectivity index (χ4n) is 5.25. The van der Waals surface area contributed by atoms with Crippen LogP contribution in [0.5, 0.6) is 17.2 Å². The van der Waals surface area contributed by atoms with Gasteiger partial charge in [0, 0.05) is 42.4 Å². The Kier molecular flexibility index (Phi) is 5.46. The molecule has 5 rings (SSSR count).